The quantitative estimate of drug-likeness (QED) is 0.538. The molecule has 0 saturated heterocycles. The Labute approximate surface area is 96.3 Å². The standard InChI is InChI=1S/C12H19NO3/c1-13(9-12(15)16-2)11(14)8-10-6-4-3-5-7-10/h6H,3-5,7-9H2,1-2H3. The van der Waals surface area contributed by atoms with Crippen LogP contribution >= 0.6 is 0 Å². The number of carbonyl (C=O) groups excluding carboxylic acids is 2. The SMILES string of the molecule is COC(=O)CN(C)C(=O)CC1=CCCCC1. The van der Waals surface area contributed by atoms with E-state index in [-0.39, 0.29) is 18.4 Å². The molecule has 0 fully saturated rings. The van der Waals surface area contributed by atoms with Crippen LogP contribution < -0.4 is 0 Å². The number of ether oxygens (including phenoxy) is 1. The highest BCUT2D eigenvalue weighted by Gasteiger charge is 2.15. The molecule has 0 atom stereocenters. The predicted molar refractivity (Wildman–Crippen MR) is 60.8 cm³/mol. The first-order valence-electron chi connectivity index (χ1n) is 5.62. The maximum absolute atomic E-state index is 11.7. The Morgan fingerprint density at radius 3 is 2.75 bits per heavy atom. The van der Waals surface area contributed by atoms with Gasteiger partial charge in [-0.3, -0.25) is 9.59 Å². The minimum Gasteiger partial charge on any atom is -0.468 e. The van der Waals surface area contributed by atoms with Crippen molar-refractivity contribution in [3.05, 3.63) is 11.6 Å². The molecule has 1 rings (SSSR count). The van der Waals surface area contributed by atoms with E-state index in [1.165, 1.54) is 30.4 Å². The Kier molecular flexibility index (Phi) is 5.02. The van der Waals surface area contributed by atoms with Crippen LogP contribution in [-0.2, 0) is 14.3 Å². The van der Waals surface area contributed by atoms with E-state index in [1.54, 1.807) is 7.05 Å². The molecule has 4 nitrogen and oxygen atoms in total. The summed E-state index contributed by atoms with van der Waals surface area (Å²) in [5.74, 6) is -0.396. The average molecular weight is 225 g/mol. The van der Waals surface area contributed by atoms with Crippen molar-refractivity contribution in [2.45, 2.75) is 32.1 Å². The Hall–Kier alpha value is -1.32. The fraction of sp³-hybridized carbons (Fsp3) is 0.667. The molecule has 0 heterocycles. The molecule has 16 heavy (non-hydrogen) atoms. The number of esters is 1. The lowest BCUT2D eigenvalue weighted by Crippen LogP contribution is -2.32. The third-order valence-corrected chi connectivity index (χ3v) is 2.78. The first-order valence-corrected chi connectivity index (χ1v) is 5.62. The van der Waals surface area contributed by atoms with Gasteiger partial charge in [-0.05, 0) is 25.7 Å². The Balaban J connectivity index is 2.39. The zero-order valence-electron chi connectivity index (χ0n) is 9.99. The lowest BCUT2D eigenvalue weighted by atomic mass is 9.97. The number of likely N-dealkylation sites (N-methyl/N-ethyl adjacent to an activating group) is 1. The van der Waals surface area contributed by atoms with Crippen molar-refractivity contribution in [3.63, 3.8) is 0 Å². The molecule has 0 aromatic heterocycles. The number of amides is 1. The van der Waals surface area contributed by atoms with Crippen molar-refractivity contribution >= 4 is 11.9 Å². The molecule has 90 valence electrons. The maximum atomic E-state index is 11.7. The van der Waals surface area contributed by atoms with E-state index in [4.69, 9.17) is 0 Å². The summed E-state index contributed by atoms with van der Waals surface area (Å²) in [6.07, 6.45) is 7.05. The Bertz CT molecular complexity index is 297. The van der Waals surface area contributed by atoms with E-state index in [0.29, 0.717) is 6.42 Å². The first kappa shape index (κ1) is 12.7. The van der Waals surface area contributed by atoms with Crippen molar-refractivity contribution in [3.8, 4) is 0 Å². The van der Waals surface area contributed by atoms with Gasteiger partial charge in [0.25, 0.3) is 0 Å². The van der Waals surface area contributed by atoms with E-state index < -0.39 is 0 Å². The largest absolute Gasteiger partial charge is 0.468 e. The van der Waals surface area contributed by atoms with Gasteiger partial charge in [-0.15, -0.1) is 0 Å². The summed E-state index contributed by atoms with van der Waals surface area (Å²) in [5.41, 5.74) is 1.20. The Morgan fingerprint density at radius 2 is 2.19 bits per heavy atom. The summed E-state index contributed by atoms with van der Waals surface area (Å²) in [5, 5.41) is 0. The van der Waals surface area contributed by atoms with Gasteiger partial charge in [-0.1, -0.05) is 11.6 Å². The van der Waals surface area contributed by atoms with Gasteiger partial charge in [0.2, 0.25) is 5.91 Å². The highest BCUT2D eigenvalue weighted by Crippen LogP contribution is 2.20. The molecule has 1 aliphatic rings. The minimum atomic E-state index is -0.381. The third kappa shape index (κ3) is 4.04. The zero-order valence-corrected chi connectivity index (χ0v) is 9.99. The number of nitrogens with zero attached hydrogens (tertiary/aromatic N) is 1. The van der Waals surface area contributed by atoms with Gasteiger partial charge in [0.15, 0.2) is 0 Å². The third-order valence-electron chi connectivity index (χ3n) is 2.78. The minimum absolute atomic E-state index is 0.0152. The van der Waals surface area contributed by atoms with Crippen LogP contribution in [0.25, 0.3) is 0 Å². The van der Waals surface area contributed by atoms with Crippen molar-refractivity contribution in [1.82, 2.24) is 4.90 Å². The average Bonchev–Trinajstić information content (AvgIpc) is 2.30. The van der Waals surface area contributed by atoms with Gasteiger partial charge in [0.05, 0.1) is 7.11 Å². The second-order valence-electron chi connectivity index (χ2n) is 4.11. The fourth-order valence-corrected chi connectivity index (χ4v) is 1.74. The molecular weight excluding hydrogens is 206 g/mol. The number of allylic oxidation sites excluding steroid dienone is 1. The molecular formula is C12H19NO3. The van der Waals surface area contributed by atoms with Crippen LogP contribution in [0.3, 0.4) is 0 Å². The highest BCUT2D eigenvalue weighted by molar-refractivity contribution is 5.83. The van der Waals surface area contributed by atoms with Crippen LogP contribution in [0.2, 0.25) is 0 Å². The Morgan fingerprint density at radius 1 is 1.44 bits per heavy atom. The number of methoxy groups -OCH3 is 1. The lowest BCUT2D eigenvalue weighted by molar-refractivity contribution is -0.145. The maximum Gasteiger partial charge on any atom is 0.325 e. The number of rotatable bonds is 4. The van der Waals surface area contributed by atoms with Gasteiger partial charge >= 0.3 is 5.97 Å². The van der Waals surface area contributed by atoms with Gasteiger partial charge in [-0.25, -0.2) is 0 Å². The van der Waals surface area contributed by atoms with Gasteiger partial charge in [-0.2, -0.15) is 0 Å². The molecule has 0 radical (unpaired) electrons. The number of hydrogen-bond donors (Lipinski definition) is 0. The smallest absolute Gasteiger partial charge is 0.325 e. The summed E-state index contributed by atoms with van der Waals surface area (Å²) < 4.78 is 4.51. The molecule has 0 N–H and O–H groups in total. The molecule has 0 bridgehead atoms. The molecule has 0 aliphatic heterocycles. The first-order chi connectivity index (χ1) is 7.63. The molecule has 0 saturated carbocycles. The van der Waals surface area contributed by atoms with E-state index in [9.17, 15) is 9.59 Å². The molecule has 0 aromatic carbocycles. The van der Waals surface area contributed by atoms with Crippen LogP contribution in [-0.4, -0.2) is 37.5 Å². The molecule has 1 aliphatic carbocycles. The zero-order chi connectivity index (χ0) is 12.0. The summed E-state index contributed by atoms with van der Waals surface area (Å²) in [6, 6.07) is 0. The lowest BCUT2D eigenvalue weighted by Gasteiger charge is -2.18. The predicted octanol–water partition coefficient (Wildman–Crippen LogP) is 1.51. The van der Waals surface area contributed by atoms with Gasteiger partial charge in [0.1, 0.15) is 6.54 Å². The van der Waals surface area contributed by atoms with E-state index in [2.05, 4.69) is 10.8 Å². The molecule has 1 amide bonds. The summed E-state index contributed by atoms with van der Waals surface area (Å²) in [6.45, 7) is 0.0304. The van der Waals surface area contributed by atoms with Gasteiger partial charge < -0.3 is 9.64 Å². The van der Waals surface area contributed by atoms with E-state index in [0.717, 1.165) is 12.8 Å². The molecule has 0 spiro atoms. The van der Waals surface area contributed by atoms with Crippen LogP contribution in [0.15, 0.2) is 11.6 Å². The monoisotopic (exact) mass is 225 g/mol. The normalized spacial score (nSPS) is 15.2. The van der Waals surface area contributed by atoms with Crippen molar-refractivity contribution in [2.24, 2.45) is 0 Å². The topological polar surface area (TPSA) is 46.6 Å². The molecule has 4 heteroatoms. The van der Waals surface area contributed by atoms with Crippen molar-refractivity contribution in [2.75, 3.05) is 20.7 Å². The molecule has 0 unspecified atom stereocenters. The second-order valence-corrected chi connectivity index (χ2v) is 4.11. The number of hydrogen-bond acceptors (Lipinski definition) is 3. The van der Waals surface area contributed by atoms with Crippen LogP contribution in [0, 0.1) is 0 Å². The van der Waals surface area contributed by atoms with Crippen molar-refractivity contribution < 1.29 is 14.3 Å². The van der Waals surface area contributed by atoms with Crippen LogP contribution in [0.1, 0.15) is 32.1 Å². The summed E-state index contributed by atoms with van der Waals surface area (Å²) in [7, 11) is 2.95. The fourth-order valence-electron chi connectivity index (χ4n) is 1.74. The molecule has 0 aromatic rings. The van der Waals surface area contributed by atoms with E-state index in [1.807, 2.05) is 0 Å². The van der Waals surface area contributed by atoms with Crippen LogP contribution in [0.5, 0.6) is 0 Å². The highest BCUT2D eigenvalue weighted by atomic mass is 16.5. The van der Waals surface area contributed by atoms with Gasteiger partial charge in [0, 0.05) is 13.5 Å². The summed E-state index contributed by atoms with van der Waals surface area (Å²) >= 11 is 0. The number of carbonyl (C=O) groups is 2. The van der Waals surface area contributed by atoms with E-state index >= 15 is 0 Å². The second kappa shape index (κ2) is 6.30. The van der Waals surface area contributed by atoms with Crippen LogP contribution in [0.4, 0.5) is 0 Å². The summed E-state index contributed by atoms with van der Waals surface area (Å²) in [4.78, 5) is 24.1. The van der Waals surface area contributed by atoms with Crippen molar-refractivity contribution in [1.29, 1.82) is 0 Å².